The lowest BCUT2D eigenvalue weighted by Crippen LogP contribution is -2.34. The minimum absolute atomic E-state index is 0.0489. The number of non-ortho nitro benzene ring substituents is 2. The number of hydrogen-bond donors (Lipinski definition) is 2. The van der Waals surface area contributed by atoms with E-state index in [9.17, 15) is 29.8 Å². The maximum atomic E-state index is 12.4. The molecule has 1 aliphatic heterocycles. The predicted octanol–water partition coefficient (Wildman–Crippen LogP) is 2.87. The number of likely N-dealkylation sites (tertiary alicyclic amines) is 1. The monoisotopic (exact) mass is 443 g/mol. The standard InChI is InChI=1S/C19H17N5O6S/c25-17(13-9-15(23(27)28)11-16(10-13)24(29)30)21-19(31)20-14-5-3-12(4-6-14)18(26)22-7-1-2-8-22/h3-6,9-11H,1-2,7-8H2,(H2,20,21,25,31). The Balaban J connectivity index is 1.65. The van der Waals surface area contributed by atoms with Gasteiger partial charge in [0, 0.05) is 36.5 Å². The van der Waals surface area contributed by atoms with Crippen LogP contribution in [0.4, 0.5) is 17.1 Å². The first kappa shape index (κ1) is 21.8. The van der Waals surface area contributed by atoms with Gasteiger partial charge in [0.1, 0.15) is 0 Å². The van der Waals surface area contributed by atoms with Gasteiger partial charge in [-0.05, 0) is 49.3 Å². The van der Waals surface area contributed by atoms with Crippen molar-refractivity contribution in [1.29, 1.82) is 0 Å². The van der Waals surface area contributed by atoms with Crippen molar-refractivity contribution in [2.75, 3.05) is 18.4 Å². The molecule has 1 saturated heterocycles. The zero-order chi connectivity index (χ0) is 22.5. The average molecular weight is 443 g/mol. The van der Waals surface area contributed by atoms with Gasteiger partial charge < -0.3 is 10.2 Å². The molecule has 2 aromatic rings. The number of nitro benzene ring substituents is 2. The Hall–Kier alpha value is -3.93. The van der Waals surface area contributed by atoms with Crippen molar-refractivity contribution < 1.29 is 19.4 Å². The largest absolute Gasteiger partial charge is 0.339 e. The van der Waals surface area contributed by atoms with Gasteiger partial charge in [-0.25, -0.2) is 0 Å². The molecule has 3 rings (SSSR count). The zero-order valence-electron chi connectivity index (χ0n) is 16.1. The molecule has 0 aromatic heterocycles. The van der Waals surface area contributed by atoms with Gasteiger partial charge in [0.15, 0.2) is 5.11 Å². The van der Waals surface area contributed by atoms with Crippen molar-refractivity contribution in [3.8, 4) is 0 Å². The van der Waals surface area contributed by atoms with Crippen molar-refractivity contribution in [1.82, 2.24) is 10.2 Å². The summed E-state index contributed by atoms with van der Waals surface area (Å²) in [5, 5.41) is 26.9. The fourth-order valence-corrected chi connectivity index (χ4v) is 3.28. The molecule has 2 aromatic carbocycles. The molecule has 0 atom stereocenters. The number of amides is 2. The zero-order valence-corrected chi connectivity index (χ0v) is 16.9. The minimum Gasteiger partial charge on any atom is -0.339 e. The molecule has 0 saturated carbocycles. The number of carbonyl (C=O) groups is 2. The second kappa shape index (κ2) is 9.26. The van der Waals surface area contributed by atoms with Gasteiger partial charge in [0.05, 0.1) is 21.5 Å². The summed E-state index contributed by atoms with van der Waals surface area (Å²) in [7, 11) is 0. The number of hydrogen-bond acceptors (Lipinski definition) is 7. The lowest BCUT2D eigenvalue weighted by molar-refractivity contribution is -0.394. The molecule has 12 heteroatoms. The van der Waals surface area contributed by atoms with Gasteiger partial charge in [-0.15, -0.1) is 0 Å². The number of nitrogens with one attached hydrogen (secondary N) is 2. The number of carbonyl (C=O) groups excluding carboxylic acids is 2. The molecule has 2 amide bonds. The van der Waals surface area contributed by atoms with Crippen LogP contribution in [0.1, 0.15) is 33.6 Å². The Kier molecular flexibility index (Phi) is 6.50. The van der Waals surface area contributed by atoms with Crippen LogP contribution in [0.2, 0.25) is 0 Å². The average Bonchev–Trinajstić information content (AvgIpc) is 3.28. The highest BCUT2D eigenvalue weighted by molar-refractivity contribution is 7.80. The van der Waals surface area contributed by atoms with Crippen molar-refractivity contribution in [3.63, 3.8) is 0 Å². The van der Waals surface area contributed by atoms with Crippen molar-refractivity contribution in [2.45, 2.75) is 12.8 Å². The Bertz CT molecular complexity index is 1030. The number of nitro groups is 2. The summed E-state index contributed by atoms with van der Waals surface area (Å²) in [6.07, 6.45) is 1.99. The molecule has 0 bridgehead atoms. The first-order chi connectivity index (χ1) is 14.7. The van der Waals surface area contributed by atoms with E-state index in [1.807, 2.05) is 0 Å². The Morgan fingerprint density at radius 2 is 1.45 bits per heavy atom. The van der Waals surface area contributed by atoms with Gasteiger partial charge in [-0.2, -0.15) is 0 Å². The van der Waals surface area contributed by atoms with Gasteiger partial charge in [-0.3, -0.25) is 35.1 Å². The molecular weight excluding hydrogens is 426 g/mol. The van der Waals surface area contributed by atoms with E-state index in [4.69, 9.17) is 12.2 Å². The molecule has 1 heterocycles. The molecule has 2 N–H and O–H groups in total. The van der Waals surface area contributed by atoms with E-state index in [0.29, 0.717) is 11.3 Å². The maximum Gasteiger partial charge on any atom is 0.277 e. The first-order valence-corrected chi connectivity index (χ1v) is 9.61. The van der Waals surface area contributed by atoms with Crippen molar-refractivity contribution in [3.05, 3.63) is 73.8 Å². The van der Waals surface area contributed by atoms with E-state index < -0.39 is 27.1 Å². The van der Waals surface area contributed by atoms with Gasteiger partial charge >= 0.3 is 0 Å². The van der Waals surface area contributed by atoms with E-state index in [1.165, 1.54) is 0 Å². The highest BCUT2D eigenvalue weighted by Crippen LogP contribution is 2.22. The van der Waals surface area contributed by atoms with Crippen LogP contribution in [-0.2, 0) is 0 Å². The smallest absolute Gasteiger partial charge is 0.277 e. The second-order valence-corrected chi connectivity index (χ2v) is 7.15. The third-order valence-electron chi connectivity index (χ3n) is 4.60. The van der Waals surface area contributed by atoms with E-state index in [1.54, 1.807) is 29.2 Å². The number of rotatable bonds is 5. The fraction of sp³-hybridized carbons (Fsp3) is 0.211. The van der Waals surface area contributed by atoms with E-state index in [0.717, 1.165) is 44.1 Å². The summed E-state index contributed by atoms with van der Waals surface area (Å²) in [5.41, 5.74) is -0.413. The van der Waals surface area contributed by atoms with Crippen molar-refractivity contribution >= 4 is 46.2 Å². The third-order valence-corrected chi connectivity index (χ3v) is 4.80. The molecule has 160 valence electrons. The SMILES string of the molecule is O=C(NC(=S)Nc1ccc(C(=O)N2CCCC2)cc1)c1cc([N+](=O)[O-])cc([N+](=O)[O-])c1. The van der Waals surface area contributed by atoms with Crippen LogP contribution in [-0.4, -0.2) is 44.8 Å². The molecule has 11 nitrogen and oxygen atoms in total. The summed E-state index contributed by atoms with van der Waals surface area (Å²) in [6, 6.07) is 9.13. The lowest BCUT2D eigenvalue weighted by atomic mass is 10.1. The lowest BCUT2D eigenvalue weighted by Gasteiger charge is -2.15. The number of nitrogens with zero attached hydrogens (tertiary/aromatic N) is 3. The summed E-state index contributed by atoms with van der Waals surface area (Å²) < 4.78 is 0. The molecule has 1 aliphatic rings. The second-order valence-electron chi connectivity index (χ2n) is 6.74. The summed E-state index contributed by atoms with van der Waals surface area (Å²) >= 11 is 5.07. The number of thiocarbonyl (C=S) groups is 1. The Morgan fingerprint density at radius 3 is 1.97 bits per heavy atom. The maximum absolute atomic E-state index is 12.4. The highest BCUT2D eigenvalue weighted by Gasteiger charge is 2.21. The third kappa shape index (κ3) is 5.36. The van der Waals surface area contributed by atoms with Crippen LogP contribution in [0.25, 0.3) is 0 Å². The topological polar surface area (TPSA) is 148 Å². The molecule has 0 spiro atoms. The van der Waals surface area contributed by atoms with E-state index in [2.05, 4.69) is 10.6 Å². The summed E-state index contributed by atoms with van der Waals surface area (Å²) in [5.74, 6) is -0.891. The number of benzene rings is 2. The van der Waals surface area contributed by atoms with Crippen LogP contribution >= 0.6 is 12.2 Å². The Morgan fingerprint density at radius 1 is 0.903 bits per heavy atom. The van der Waals surface area contributed by atoms with Crippen molar-refractivity contribution in [2.24, 2.45) is 0 Å². The van der Waals surface area contributed by atoms with Gasteiger partial charge in [-0.1, -0.05) is 0 Å². The molecule has 0 unspecified atom stereocenters. The minimum atomic E-state index is -0.842. The van der Waals surface area contributed by atoms with Crippen LogP contribution < -0.4 is 10.6 Å². The fourth-order valence-electron chi connectivity index (χ4n) is 3.07. The van der Waals surface area contributed by atoms with Gasteiger partial charge in [0.2, 0.25) is 0 Å². The predicted molar refractivity (Wildman–Crippen MR) is 115 cm³/mol. The molecule has 0 radical (unpaired) electrons. The number of anilines is 1. The molecule has 0 aliphatic carbocycles. The first-order valence-electron chi connectivity index (χ1n) is 9.20. The molecular formula is C19H17N5O6S. The van der Waals surface area contributed by atoms with Gasteiger partial charge in [0.25, 0.3) is 23.2 Å². The normalized spacial score (nSPS) is 12.8. The van der Waals surface area contributed by atoms with Crippen LogP contribution in [0, 0.1) is 20.2 Å². The van der Waals surface area contributed by atoms with Crippen LogP contribution in [0.15, 0.2) is 42.5 Å². The molecule has 1 fully saturated rings. The summed E-state index contributed by atoms with van der Waals surface area (Å²) in [6.45, 7) is 1.48. The van der Waals surface area contributed by atoms with Crippen LogP contribution in [0.3, 0.4) is 0 Å². The van der Waals surface area contributed by atoms with E-state index in [-0.39, 0.29) is 16.6 Å². The highest BCUT2D eigenvalue weighted by atomic mass is 32.1. The Labute approximate surface area is 181 Å². The summed E-state index contributed by atoms with van der Waals surface area (Å²) in [4.78, 5) is 46.8. The molecule has 31 heavy (non-hydrogen) atoms. The van der Waals surface area contributed by atoms with E-state index >= 15 is 0 Å². The quantitative estimate of drug-likeness (QED) is 0.407. The van der Waals surface area contributed by atoms with Crippen LogP contribution in [0.5, 0.6) is 0 Å².